The quantitative estimate of drug-likeness (QED) is 0.264. The summed E-state index contributed by atoms with van der Waals surface area (Å²) < 4.78 is 28.7. The molecule has 3 N–H and O–H groups in total. The third-order valence-corrected chi connectivity index (χ3v) is 3.32. The third-order valence-electron chi connectivity index (χ3n) is 3.32. The zero-order chi connectivity index (χ0) is 18.1. The lowest BCUT2D eigenvalue weighted by molar-refractivity contribution is 0.313. The first-order valence-corrected chi connectivity index (χ1v) is 7.79. The Morgan fingerprint density at radius 2 is 1.77 bits per heavy atom. The Hall–Kier alpha value is -2.23. The maximum absolute atomic E-state index is 12.8. The summed E-state index contributed by atoms with van der Waals surface area (Å²) in [5.41, 5.74) is 6.61. The molecule has 6 nitrogen and oxygen atoms in total. The molecule has 0 fully saturated rings. The zero-order valence-corrected chi connectivity index (χ0v) is 17.0. The number of guanidine groups is 1. The van der Waals surface area contributed by atoms with Gasteiger partial charge >= 0.3 is 0 Å². The average Bonchev–Trinajstić information content (AvgIpc) is 2.62. The first-order chi connectivity index (χ1) is 12.1. The molecule has 0 atom stereocenters. The van der Waals surface area contributed by atoms with E-state index in [1.54, 1.807) is 38.5 Å². The molecule has 142 valence electrons. The van der Waals surface area contributed by atoms with Gasteiger partial charge in [-0.3, -0.25) is 4.99 Å². The van der Waals surface area contributed by atoms with Gasteiger partial charge in [0.15, 0.2) is 17.5 Å². The summed E-state index contributed by atoms with van der Waals surface area (Å²) in [5, 5.41) is 2.99. The molecule has 0 aliphatic rings. The lowest BCUT2D eigenvalue weighted by Gasteiger charge is -2.11. The molecule has 2 aromatic rings. The minimum atomic E-state index is -0.286. The maximum atomic E-state index is 12.8. The minimum absolute atomic E-state index is 0. The Kier molecular flexibility index (Phi) is 9.56. The van der Waals surface area contributed by atoms with E-state index in [1.165, 1.54) is 12.1 Å². The van der Waals surface area contributed by atoms with Crippen LogP contribution in [0.15, 0.2) is 47.5 Å². The molecule has 0 bridgehead atoms. The lowest BCUT2D eigenvalue weighted by Crippen LogP contribution is -2.23. The number of benzene rings is 2. The van der Waals surface area contributed by atoms with Gasteiger partial charge in [-0.25, -0.2) is 4.39 Å². The highest BCUT2D eigenvalue weighted by Crippen LogP contribution is 2.29. The summed E-state index contributed by atoms with van der Waals surface area (Å²) in [4.78, 5) is 4.23. The number of anilines is 1. The molecule has 26 heavy (non-hydrogen) atoms. The maximum Gasteiger partial charge on any atom is 0.193 e. The number of hydrogen-bond acceptors (Lipinski definition) is 4. The Morgan fingerprint density at radius 3 is 2.42 bits per heavy atom. The van der Waals surface area contributed by atoms with E-state index < -0.39 is 0 Å². The second-order valence-electron chi connectivity index (χ2n) is 5.12. The van der Waals surface area contributed by atoms with Crippen molar-refractivity contribution in [2.24, 2.45) is 10.7 Å². The summed E-state index contributed by atoms with van der Waals surface area (Å²) >= 11 is 0. The van der Waals surface area contributed by atoms with Crippen molar-refractivity contribution in [3.05, 3.63) is 48.3 Å². The van der Waals surface area contributed by atoms with Gasteiger partial charge in [0.1, 0.15) is 11.6 Å². The fourth-order valence-corrected chi connectivity index (χ4v) is 2.09. The largest absolute Gasteiger partial charge is 0.494 e. The molecule has 0 aliphatic heterocycles. The molecule has 2 aromatic carbocycles. The minimum Gasteiger partial charge on any atom is -0.494 e. The van der Waals surface area contributed by atoms with Gasteiger partial charge in [-0.2, -0.15) is 0 Å². The second-order valence-corrected chi connectivity index (χ2v) is 5.12. The lowest BCUT2D eigenvalue weighted by atomic mass is 10.3. The third kappa shape index (κ3) is 6.95. The zero-order valence-electron chi connectivity index (χ0n) is 14.7. The molecular weight excluding hydrogens is 452 g/mol. The molecular formula is C18H23FIN3O3. The summed E-state index contributed by atoms with van der Waals surface area (Å²) in [5.74, 6) is 1.89. The van der Waals surface area contributed by atoms with E-state index in [2.05, 4.69) is 10.3 Å². The van der Waals surface area contributed by atoms with Crippen LogP contribution in [-0.2, 0) is 0 Å². The predicted molar refractivity (Wildman–Crippen MR) is 112 cm³/mol. The SMILES string of the molecule is COc1ccc(NC(N)=NCCCOc2ccc(F)cc2)cc1OC.I. The van der Waals surface area contributed by atoms with Crippen molar-refractivity contribution < 1.29 is 18.6 Å². The number of aliphatic imine (C=N–C) groups is 1. The van der Waals surface area contributed by atoms with Crippen molar-refractivity contribution in [2.45, 2.75) is 6.42 Å². The van der Waals surface area contributed by atoms with E-state index in [4.69, 9.17) is 19.9 Å². The molecule has 0 aliphatic carbocycles. The summed E-state index contributed by atoms with van der Waals surface area (Å²) in [6.07, 6.45) is 0.686. The van der Waals surface area contributed by atoms with E-state index in [9.17, 15) is 4.39 Å². The molecule has 0 saturated heterocycles. The van der Waals surface area contributed by atoms with Gasteiger partial charge in [-0.15, -0.1) is 24.0 Å². The predicted octanol–water partition coefficient (Wildman–Crippen LogP) is 3.66. The number of methoxy groups -OCH3 is 2. The van der Waals surface area contributed by atoms with Crippen LogP contribution in [0.5, 0.6) is 17.2 Å². The van der Waals surface area contributed by atoms with Crippen molar-refractivity contribution >= 4 is 35.6 Å². The van der Waals surface area contributed by atoms with Crippen LogP contribution in [0, 0.1) is 5.82 Å². The number of nitrogens with zero attached hydrogens (tertiary/aromatic N) is 1. The summed E-state index contributed by atoms with van der Waals surface area (Å²) in [6, 6.07) is 11.3. The summed E-state index contributed by atoms with van der Waals surface area (Å²) in [6.45, 7) is 0.978. The molecule has 0 spiro atoms. The molecule has 8 heteroatoms. The van der Waals surface area contributed by atoms with Crippen LogP contribution in [0.3, 0.4) is 0 Å². The van der Waals surface area contributed by atoms with Gasteiger partial charge < -0.3 is 25.3 Å². The Bertz CT molecular complexity index is 711. The van der Waals surface area contributed by atoms with Crippen molar-refractivity contribution in [1.82, 2.24) is 0 Å². The van der Waals surface area contributed by atoms with Crippen molar-refractivity contribution in [3.8, 4) is 17.2 Å². The van der Waals surface area contributed by atoms with Crippen LogP contribution >= 0.6 is 24.0 Å². The topological polar surface area (TPSA) is 78.1 Å². The van der Waals surface area contributed by atoms with Crippen LogP contribution in [0.25, 0.3) is 0 Å². The molecule has 2 rings (SSSR count). The van der Waals surface area contributed by atoms with Gasteiger partial charge in [0.2, 0.25) is 0 Å². The number of ether oxygens (including phenoxy) is 3. The fraction of sp³-hybridized carbons (Fsp3) is 0.278. The first-order valence-electron chi connectivity index (χ1n) is 7.79. The van der Waals surface area contributed by atoms with Crippen LogP contribution in [0.1, 0.15) is 6.42 Å². The molecule has 0 heterocycles. The Morgan fingerprint density at radius 1 is 1.08 bits per heavy atom. The number of rotatable bonds is 8. The summed E-state index contributed by atoms with van der Waals surface area (Å²) in [7, 11) is 3.15. The van der Waals surface area contributed by atoms with Gasteiger partial charge in [-0.05, 0) is 36.4 Å². The normalized spacial score (nSPS) is 10.7. The first kappa shape index (κ1) is 21.8. The number of halogens is 2. The van der Waals surface area contributed by atoms with Crippen LogP contribution in [0.4, 0.5) is 10.1 Å². The van der Waals surface area contributed by atoms with Gasteiger partial charge in [0, 0.05) is 24.7 Å². The number of hydrogen-bond donors (Lipinski definition) is 2. The monoisotopic (exact) mass is 475 g/mol. The standard InChI is InChI=1S/C18H22FN3O3.HI/c1-23-16-9-6-14(12-17(16)24-2)22-18(20)21-10-3-11-25-15-7-4-13(19)5-8-15;/h4-9,12H,3,10-11H2,1-2H3,(H3,20,21,22);1H. The molecule has 0 aromatic heterocycles. The second kappa shape index (κ2) is 11.4. The number of nitrogens with one attached hydrogen (secondary N) is 1. The highest BCUT2D eigenvalue weighted by Gasteiger charge is 2.05. The molecule has 0 unspecified atom stereocenters. The molecule has 0 saturated carbocycles. The van der Waals surface area contributed by atoms with Gasteiger partial charge in [-0.1, -0.05) is 0 Å². The van der Waals surface area contributed by atoms with E-state index >= 15 is 0 Å². The highest BCUT2D eigenvalue weighted by atomic mass is 127. The Balaban J connectivity index is 0.00000338. The van der Waals surface area contributed by atoms with E-state index in [0.717, 1.165) is 5.69 Å². The van der Waals surface area contributed by atoms with Gasteiger partial charge in [0.05, 0.1) is 20.8 Å². The van der Waals surface area contributed by atoms with E-state index in [0.29, 0.717) is 42.8 Å². The van der Waals surface area contributed by atoms with Crippen molar-refractivity contribution in [1.29, 1.82) is 0 Å². The van der Waals surface area contributed by atoms with Crippen molar-refractivity contribution in [2.75, 3.05) is 32.7 Å². The van der Waals surface area contributed by atoms with E-state index in [-0.39, 0.29) is 29.8 Å². The molecule has 0 radical (unpaired) electrons. The van der Waals surface area contributed by atoms with Crippen LogP contribution < -0.4 is 25.3 Å². The average molecular weight is 475 g/mol. The van der Waals surface area contributed by atoms with Crippen LogP contribution in [0.2, 0.25) is 0 Å². The van der Waals surface area contributed by atoms with Crippen LogP contribution in [-0.4, -0.2) is 33.3 Å². The number of nitrogens with two attached hydrogens (primary N) is 1. The van der Waals surface area contributed by atoms with E-state index in [1.807, 2.05) is 6.07 Å². The van der Waals surface area contributed by atoms with Crippen molar-refractivity contribution in [3.63, 3.8) is 0 Å². The Labute approximate surface area is 169 Å². The smallest absolute Gasteiger partial charge is 0.193 e. The molecule has 0 amide bonds. The fourth-order valence-electron chi connectivity index (χ4n) is 2.09. The highest BCUT2D eigenvalue weighted by molar-refractivity contribution is 14.0. The van der Waals surface area contributed by atoms with Gasteiger partial charge in [0.25, 0.3) is 0 Å².